The second-order valence-corrected chi connectivity index (χ2v) is 9.96. The summed E-state index contributed by atoms with van der Waals surface area (Å²) in [6.07, 6.45) is 0. The van der Waals surface area contributed by atoms with Gasteiger partial charge in [-0.05, 0) is 47.5 Å². The highest BCUT2D eigenvalue weighted by Crippen LogP contribution is 2.40. The van der Waals surface area contributed by atoms with E-state index in [2.05, 4.69) is 41.9 Å². The summed E-state index contributed by atoms with van der Waals surface area (Å²) in [7, 11) is 0. The summed E-state index contributed by atoms with van der Waals surface area (Å²) in [4.78, 5) is 19.7. The van der Waals surface area contributed by atoms with Gasteiger partial charge in [-0.3, -0.25) is 0 Å². The molecule has 6 aromatic rings. The average Bonchev–Trinajstić information content (AvgIpc) is 3.52. The first-order chi connectivity index (χ1) is 18.9. The SMILES string of the molecule is Fc1cc2nc(-c3ccc4c(c3)CN3CN4Cc4cc(-c5nc6cc(F)c(F)cc6[nH]5)ccc43)[nH]c2cc1F. The minimum absolute atomic E-state index is 0.371. The Morgan fingerprint density at radius 3 is 1.46 bits per heavy atom. The van der Waals surface area contributed by atoms with Gasteiger partial charge in [0.1, 0.15) is 11.6 Å². The van der Waals surface area contributed by atoms with E-state index >= 15 is 0 Å². The maximum atomic E-state index is 13.7. The third-order valence-corrected chi connectivity index (χ3v) is 7.50. The number of aromatic amines is 2. The number of fused-ring (bicyclic) bond motifs is 8. The van der Waals surface area contributed by atoms with Gasteiger partial charge in [0.05, 0.1) is 28.7 Å². The number of imidazole rings is 2. The van der Waals surface area contributed by atoms with Crippen LogP contribution in [0.1, 0.15) is 11.1 Å². The van der Waals surface area contributed by atoms with E-state index in [9.17, 15) is 17.6 Å². The van der Waals surface area contributed by atoms with E-state index in [1.165, 1.54) is 0 Å². The zero-order valence-electron chi connectivity index (χ0n) is 20.2. The number of hydrogen-bond donors (Lipinski definition) is 2. The van der Waals surface area contributed by atoms with Gasteiger partial charge >= 0.3 is 0 Å². The van der Waals surface area contributed by atoms with Crippen LogP contribution in [0, 0.1) is 23.3 Å². The Morgan fingerprint density at radius 2 is 1.00 bits per heavy atom. The van der Waals surface area contributed by atoms with E-state index in [0.717, 1.165) is 64.6 Å². The molecule has 192 valence electrons. The summed E-state index contributed by atoms with van der Waals surface area (Å²) < 4.78 is 54.7. The number of nitrogens with zero attached hydrogens (tertiary/aromatic N) is 4. The van der Waals surface area contributed by atoms with Crippen molar-refractivity contribution in [3.8, 4) is 22.8 Å². The molecule has 0 amide bonds. The number of benzene rings is 4. The van der Waals surface area contributed by atoms with Gasteiger partial charge in [-0.2, -0.15) is 0 Å². The van der Waals surface area contributed by atoms with Crippen LogP contribution in [0.5, 0.6) is 0 Å². The van der Waals surface area contributed by atoms with Gasteiger partial charge in [-0.1, -0.05) is 0 Å². The molecule has 0 unspecified atom stereocenters. The van der Waals surface area contributed by atoms with Crippen molar-refractivity contribution < 1.29 is 17.6 Å². The minimum atomic E-state index is -0.927. The summed E-state index contributed by atoms with van der Waals surface area (Å²) in [6.45, 7) is 2.10. The fourth-order valence-corrected chi connectivity index (χ4v) is 5.66. The first kappa shape index (κ1) is 22.2. The van der Waals surface area contributed by atoms with Crippen molar-refractivity contribution in [1.29, 1.82) is 0 Å². The first-order valence-electron chi connectivity index (χ1n) is 12.4. The molecule has 39 heavy (non-hydrogen) atoms. The average molecular weight is 526 g/mol. The third-order valence-electron chi connectivity index (χ3n) is 7.50. The Labute approximate surface area is 218 Å². The fraction of sp³-hybridized carbons (Fsp3) is 0.103. The number of hydrogen-bond acceptors (Lipinski definition) is 4. The van der Waals surface area contributed by atoms with Crippen LogP contribution in [0.2, 0.25) is 0 Å². The molecular weight excluding hydrogens is 508 g/mol. The third kappa shape index (κ3) is 3.41. The van der Waals surface area contributed by atoms with Crippen molar-refractivity contribution >= 4 is 33.4 Å². The van der Waals surface area contributed by atoms with Crippen LogP contribution in [0.4, 0.5) is 28.9 Å². The molecule has 8 rings (SSSR count). The number of rotatable bonds is 2. The topological polar surface area (TPSA) is 63.8 Å². The van der Waals surface area contributed by atoms with E-state index in [1.54, 1.807) is 0 Å². The van der Waals surface area contributed by atoms with E-state index in [0.29, 0.717) is 46.8 Å². The van der Waals surface area contributed by atoms with E-state index in [-0.39, 0.29) is 0 Å². The van der Waals surface area contributed by atoms with Crippen molar-refractivity contribution in [2.75, 3.05) is 16.5 Å². The predicted molar refractivity (Wildman–Crippen MR) is 140 cm³/mol. The molecule has 2 aliphatic rings. The zero-order chi connectivity index (χ0) is 26.4. The Morgan fingerprint density at radius 1 is 0.564 bits per heavy atom. The molecular formula is C29H18F4N6. The summed E-state index contributed by atoms with van der Waals surface area (Å²) in [5.74, 6) is -2.58. The molecule has 0 radical (unpaired) electrons. The zero-order valence-corrected chi connectivity index (χ0v) is 20.2. The van der Waals surface area contributed by atoms with Crippen LogP contribution in [-0.4, -0.2) is 26.6 Å². The molecule has 2 aliphatic heterocycles. The minimum Gasteiger partial charge on any atom is -0.349 e. The lowest BCUT2D eigenvalue weighted by Crippen LogP contribution is -2.46. The second-order valence-electron chi connectivity index (χ2n) is 9.96. The highest BCUT2D eigenvalue weighted by Gasteiger charge is 2.30. The van der Waals surface area contributed by atoms with Crippen molar-refractivity contribution in [2.24, 2.45) is 0 Å². The van der Waals surface area contributed by atoms with Crippen LogP contribution >= 0.6 is 0 Å². The molecule has 10 heteroatoms. The highest BCUT2D eigenvalue weighted by molar-refractivity contribution is 5.82. The molecule has 0 atom stereocenters. The summed E-state index contributed by atoms with van der Waals surface area (Å²) >= 11 is 0. The summed E-state index contributed by atoms with van der Waals surface area (Å²) in [6, 6.07) is 16.6. The summed E-state index contributed by atoms with van der Waals surface area (Å²) in [5.41, 5.74) is 7.74. The lowest BCUT2D eigenvalue weighted by Gasteiger charge is -2.45. The second kappa shape index (κ2) is 7.83. The maximum Gasteiger partial charge on any atom is 0.161 e. The van der Waals surface area contributed by atoms with Crippen molar-refractivity contribution in [1.82, 2.24) is 19.9 Å². The molecule has 2 aromatic heterocycles. The van der Waals surface area contributed by atoms with Crippen molar-refractivity contribution in [3.63, 3.8) is 0 Å². The van der Waals surface area contributed by atoms with Crippen LogP contribution < -0.4 is 9.80 Å². The largest absolute Gasteiger partial charge is 0.349 e. The molecule has 4 aromatic carbocycles. The predicted octanol–water partition coefficient (Wildman–Crippen LogP) is 6.63. The number of halogens is 4. The van der Waals surface area contributed by atoms with Gasteiger partial charge in [-0.25, -0.2) is 27.5 Å². The standard InChI is InChI=1S/C29H18F4N6/c30-18-7-22-23(8-19(18)31)35-28(34-22)14-1-3-26-16(5-14)11-39-13-38(26)12-17-6-15(2-4-27(17)39)29-36-24-9-20(32)21(33)10-25(24)37-29/h1-10H,11-13H2,(H,34,35)(H,36,37). The van der Waals surface area contributed by atoms with Crippen LogP contribution in [-0.2, 0) is 13.1 Å². The maximum absolute atomic E-state index is 13.7. The van der Waals surface area contributed by atoms with Gasteiger partial charge in [0.15, 0.2) is 23.3 Å². The molecule has 2 bridgehead atoms. The Hall–Kier alpha value is -4.86. The van der Waals surface area contributed by atoms with E-state index in [4.69, 9.17) is 0 Å². The normalized spacial score (nSPS) is 14.3. The van der Waals surface area contributed by atoms with Crippen LogP contribution in [0.15, 0.2) is 60.7 Å². The smallest absolute Gasteiger partial charge is 0.161 e. The molecule has 0 saturated carbocycles. The van der Waals surface area contributed by atoms with Gasteiger partial charge < -0.3 is 19.8 Å². The monoisotopic (exact) mass is 526 g/mol. The first-order valence-corrected chi connectivity index (χ1v) is 12.4. The van der Waals surface area contributed by atoms with Gasteiger partial charge in [-0.15, -0.1) is 0 Å². The van der Waals surface area contributed by atoms with Gasteiger partial charge in [0, 0.05) is 59.9 Å². The van der Waals surface area contributed by atoms with Crippen LogP contribution in [0.3, 0.4) is 0 Å². The Bertz CT molecular complexity index is 1760. The van der Waals surface area contributed by atoms with E-state index < -0.39 is 23.3 Å². The molecule has 0 fully saturated rings. The molecule has 2 N–H and O–H groups in total. The molecule has 0 spiro atoms. The van der Waals surface area contributed by atoms with Crippen molar-refractivity contribution in [3.05, 3.63) is 95.1 Å². The lowest BCUT2D eigenvalue weighted by molar-refractivity contribution is 0.510. The lowest BCUT2D eigenvalue weighted by atomic mass is 9.98. The molecule has 4 heterocycles. The van der Waals surface area contributed by atoms with Gasteiger partial charge in [0.2, 0.25) is 0 Å². The quantitative estimate of drug-likeness (QED) is 0.249. The molecule has 0 aliphatic carbocycles. The van der Waals surface area contributed by atoms with Gasteiger partial charge in [0.25, 0.3) is 0 Å². The number of aromatic nitrogens is 4. The van der Waals surface area contributed by atoms with Crippen molar-refractivity contribution in [2.45, 2.75) is 13.1 Å². The van der Waals surface area contributed by atoms with E-state index in [1.807, 2.05) is 24.3 Å². The molecule has 0 saturated heterocycles. The number of H-pyrrole nitrogens is 2. The molecule has 6 nitrogen and oxygen atoms in total. The fourth-order valence-electron chi connectivity index (χ4n) is 5.66. The number of nitrogens with one attached hydrogen (secondary N) is 2. The Kier molecular flexibility index (Phi) is 4.45. The highest BCUT2D eigenvalue weighted by atomic mass is 19.2. The Balaban J connectivity index is 1.12. The number of anilines is 2. The van der Waals surface area contributed by atoms with Crippen LogP contribution in [0.25, 0.3) is 44.8 Å². The summed E-state index contributed by atoms with van der Waals surface area (Å²) in [5, 5.41) is 0.